The van der Waals surface area contributed by atoms with Crippen LogP contribution in [0, 0.1) is 12.7 Å². The second kappa shape index (κ2) is 3.56. The van der Waals surface area contributed by atoms with Crippen molar-refractivity contribution >= 4 is 22.0 Å². The van der Waals surface area contributed by atoms with Gasteiger partial charge >= 0.3 is 0 Å². The number of aromatic nitrogens is 2. The van der Waals surface area contributed by atoms with Crippen molar-refractivity contribution in [2.75, 3.05) is 5.73 Å². The van der Waals surface area contributed by atoms with Crippen LogP contribution in [0.2, 0.25) is 0 Å². The molecule has 0 aliphatic heterocycles. The summed E-state index contributed by atoms with van der Waals surface area (Å²) < 4.78 is 15.1. The molecule has 3 nitrogen and oxygen atoms in total. The van der Waals surface area contributed by atoms with Gasteiger partial charge in [0.15, 0.2) is 5.82 Å². The lowest BCUT2D eigenvalue weighted by molar-refractivity contribution is 0.619. The minimum Gasteiger partial charge on any atom is -0.381 e. The highest BCUT2D eigenvalue weighted by atomic mass is 32.1. The van der Waals surface area contributed by atoms with Gasteiger partial charge in [0.2, 0.25) is 0 Å². The zero-order chi connectivity index (χ0) is 12.0. The lowest BCUT2D eigenvalue weighted by Crippen LogP contribution is -1.87. The number of hydrogen-bond acceptors (Lipinski definition) is 3. The molecule has 0 atom stereocenters. The minimum atomic E-state index is -0.189. The Kier molecular flexibility index (Phi) is 2.16. The van der Waals surface area contributed by atoms with E-state index in [1.165, 1.54) is 17.4 Å². The topological polar surface area (TPSA) is 43.3 Å². The third-order valence-electron chi connectivity index (χ3n) is 2.75. The molecule has 0 spiro atoms. The van der Waals surface area contributed by atoms with Gasteiger partial charge in [0.25, 0.3) is 0 Å². The number of nitrogens with zero attached hydrogens (tertiary/aromatic N) is 2. The molecule has 0 saturated heterocycles. The zero-order valence-corrected chi connectivity index (χ0v) is 9.96. The molecule has 1 aromatic carbocycles. The van der Waals surface area contributed by atoms with Crippen LogP contribution in [0.3, 0.4) is 0 Å². The van der Waals surface area contributed by atoms with Gasteiger partial charge in [-0.05, 0) is 36.2 Å². The first-order valence-corrected chi connectivity index (χ1v) is 6.01. The van der Waals surface area contributed by atoms with Crippen LogP contribution in [0.4, 0.5) is 10.2 Å². The zero-order valence-electron chi connectivity index (χ0n) is 9.14. The third-order valence-corrected chi connectivity index (χ3v) is 3.72. The Hall–Kier alpha value is -1.88. The number of hydrogen-bond donors (Lipinski definition) is 1. The summed E-state index contributed by atoms with van der Waals surface area (Å²) in [5.74, 6) is 0.338. The van der Waals surface area contributed by atoms with E-state index in [4.69, 9.17) is 5.73 Å². The third kappa shape index (κ3) is 1.51. The summed E-state index contributed by atoms with van der Waals surface area (Å²) in [7, 11) is 0. The monoisotopic (exact) mass is 247 g/mol. The molecule has 0 aliphatic rings. The van der Waals surface area contributed by atoms with Crippen molar-refractivity contribution in [3.8, 4) is 11.3 Å². The molecule has 0 bridgehead atoms. The molecule has 5 heteroatoms. The molecular weight excluding hydrogens is 237 g/mol. The summed E-state index contributed by atoms with van der Waals surface area (Å²) in [5, 5.41) is 2.00. The Morgan fingerprint density at radius 3 is 3.00 bits per heavy atom. The Morgan fingerprint density at radius 1 is 1.41 bits per heavy atom. The maximum atomic E-state index is 13.2. The maximum absolute atomic E-state index is 13.2. The number of halogens is 1. The second-order valence-electron chi connectivity index (χ2n) is 3.89. The molecule has 0 radical (unpaired) electrons. The van der Waals surface area contributed by atoms with E-state index in [0.717, 1.165) is 16.1 Å². The molecule has 0 fully saturated rings. The molecule has 2 heterocycles. The van der Waals surface area contributed by atoms with Gasteiger partial charge in [-0.15, -0.1) is 11.3 Å². The Labute approximate surface area is 101 Å². The second-order valence-corrected chi connectivity index (χ2v) is 4.75. The molecule has 0 saturated carbocycles. The number of fused-ring (bicyclic) bond motifs is 1. The van der Waals surface area contributed by atoms with Crippen LogP contribution < -0.4 is 5.73 Å². The smallest absolute Gasteiger partial charge is 0.160 e. The fourth-order valence-corrected chi connectivity index (χ4v) is 2.72. The molecule has 0 amide bonds. The largest absolute Gasteiger partial charge is 0.381 e. The van der Waals surface area contributed by atoms with E-state index in [9.17, 15) is 4.39 Å². The summed E-state index contributed by atoms with van der Waals surface area (Å²) in [4.78, 5) is 4.98. The van der Waals surface area contributed by atoms with Gasteiger partial charge in [0.05, 0.1) is 5.69 Å². The molecule has 0 unspecified atom stereocenters. The van der Waals surface area contributed by atoms with E-state index in [2.05, 4.69) is 4.98 Å². The van der Waals surface area contributed by atoms with Gasteiger partial charge in [0.1, 0.15) is 17.0 Å². The molecule has 3 aromatic rings. The fraction of sp³-hybridized carbons (Fsp3) is 0.0833. The first-order chi connectivity index (χ1) is 8.16. The van der Waals surface area contributed by atoms with E-state index in [1.807, 2.05) is 15.8 Å². The first-order valence-electron chi connectivity index (χ1n) is 5.13. The lowest BCUT2D eigenvalue weighted by atomic mass is 10.1. The highest BCUT2D eigenvalue weighted by Gasteiger charge is 2.10. The van der Waals surface area contributed by atoms with Crippen molar-refractivity contribution in [1.29, 1.82) is 0 Å². The molecule has 86 valence electrons. The van der Waals surface area contributed by atoms with Crippen LogP contribution in [0.15, 0.2) is 29.9 Å². The van der Waals surface area contributed by atoms with Gasteiger partial charge in [0, 0.05) is 5.38 Å². The highest BCUT2D eigenvalue weighted by molar-refractivity contribution is 7.16. The van der Waals surface area contributed by atoms with E-state index < -0.39 is 0 Å². The van der Waals surface area contributed by atoms with Crippen LogP contribution in [-0.2, 0) is 0 Å². The highest BCUT2D eigenvalue weighted by Crippen LogP contribution is 2.29. The molecule has 0 aliphatic carbocycles. The lowest BCUT2D eigenvalue weighted by Gasteiger charge is -2.02. The van der Waals surface area contributed by atoms with Crippen LogP contribution >= 0.6 is 11.3 Å². The summed E-state index contributed by atoms with van der Waals surface area (Å²) in [6, 6.07) is 5.07. The number of imidazole rings is 1. The summed E-state index contributed by atoms with van der Waals surface area (Å²) in [6.07, 6.45) is 1.69. The maximum Gasteiger partial charge on any atom is 0.160 e. The standard InChI is InChI=1S/C12H10FN3S/c1-7-4-8(2-3-9(7)13)10-5-17-12-11(14)15-6-16(10)12/h2-6H,14H2,1H3. The van der Waals surface area contributed by atoms with Crippen molar-refractivity contribution in [1.82, 2.24) is 9.38 Å². The van der Waals surface area contributed by atoms with Gasteiger partial charge < -0.3 is 5.73 Å². The summed E-state index contributed by atoms with van der Waals surface area (Å²) in [6.45, 7) is 1.75. The van der Waals surface area contributed by atoms with E-state index in [0.29, 0.717) is 11.4 Å². The number of benzene rings is 1. The van der Waals surface area contributed by atoms with Gasteiger partial charge in [-0.3, -0.25) is 4.40 Å². The van der Waals surface area contributed by atoms with E-state index >= 15 is 0 Å². The van der Waals surface area contributed by atoms with Crippen LogP contribution in [0.5, 0.6) is 0 Å². The number of nitrogens with two attached hydrogens (primary N) is 1. The van der Waals surface area contributed by atoms with Crippen molar-refractivity contribution in [3.63, 3.8) is 0 Å². The van der Waals surface area contributed by atoms with Gasteiger partial charge in [-0.1, -0.05) is 0 Å². The Bertz CT molecular complexity index is 699. The van der Waals surface area contributed by atoms with Crippen molar-refractivity contribution in [2.24, 2.45) is 0 Å². The molecule has 17 heavy (non-hydrogen) atoms. The predicted octanol–water partition coefficient (Wildman–Crippen LogP) is 3.09. The predicted molar refractivity (Wildman–Crippen MR) is 67.6 cm³/mol. The number of rotatable bonds is 1. The molecular formula is C12H10FN3S. The number of anilines is 1. The summed E-state index contributed by atoms with van der Waals surface area (Å²) in [5.41, 5.74) is 8.32. The van der Waals surface area contributed by atoms with E-state index in [1.54, 1.807) is 19.3 Å². The molecule has 2 N–H and O–H groups in total. The Balaban J connectivity index is 2.23. The average molecular weight is 247 g/mol. The normalized spacial score (nSPS) is 11.2. The van der Waals surface area contributed by atoms with Crippen LogP contribution in [0.1, 0.15) is 5.56 Å². The van der Waals surface area contributed by atoms with Crippen molar-refractivity contribution in [3.05, 3.63) is 41.3 Å². The van der Waals surface area contributed by atoms with Gasteiger partial charge in [-0.2, -0.15) is 0 Å². The van der Waals surface area contributed by atoms with Gasteiger partial charge in [-0.25, -0.2) is 9.37 Å². The van der Waals surface area contributed by atoms with Crippen molar-refractivity contribution < 1.29 is 4.39 Å². The average Bonchev–Trinajstić information content (AvgIpc) is 2.86. The first kappa shape index (κ1) is 10.3. The van der Waals surface area contributed by atoms with Crippen LogP contribution in [-0.4, -0.2) is 9.38 Å². The molecule has 2 aromatic heterocycles. The molecule has 3 rings (SSSR count). The quantitative estimate of drug-likeness (QED) is 0.718. The fourth-order valence-electron chi connectivity index (χ4n) is 1.82. The van der Waals surface area contributed by atoms with Crippen LogP contribution in [0.25, 0.3) is 16.1 Å². The summed E-state index contributed by atoms with van der Waals surface area (Å²) >= 11 is 1.53. The van der Waals surface area contributed by atoms with E-state index in [-0.39, 0.29) is 5.82 Å². The van der Waals surface area contributed by atoms with Crippen molar-refractivity contribution in [2.45, 2.75) is 6.92 Å². The number of aryl methyl sites for hydroxylation is 1. The SMILES string of the molecule is Cc1cc(-c2csc3c(N)ncn23)ccc1F. The number of nitrogen functional groups attached to an aromatic ring is 1. The minimum absolute atomic E-state index is 0.189. The Morgan fingerprint density at radius 2 is 2.24 bits per heavy atom. The number of thiazole rings is 1.